The number of nitrogens with one attached hydrogen (secondary N) is 1. The predicted molar refractivity (Wildman–Crippen MR) is 93.3 cm³/mol. The van der Waals surface area contributed by atoms with Gasteiger partial charge in [-0.25, -0.2) is 15.0 Å². The summed E-state index contributed by atoms with van der Waals surface area (Å²) in [5, 5.41) is 3.52. The molecule has 1 N–H and O–H groups in total. The summed E-state index contributed by atoms with van der Waals surface area (Å²) in [7, 11) is 1.66. The summed E-state index contributed by atoms with van der Waals surface area (Å²) in [6, 6.07) is 0.271. The van der Waals surface area contributed by atoms with E-state index in [1.165, 1.54) is 0 Å². The number of carbonyl (C=O) groups is 1. The quantitative estimate of drug-likeness (QED) is 0.756. The average Bonchev–Trinajstić information content (AvgIpc) is 3.14. The van der Waals surface area contributed by atoms with E-state index in [2.05, 4.69) is 31.7 Å². The number of fused-ring (bicyclic) bond motifs is 1. The molecular weight excluding hydrogens is 320 g/mol. The third-order valence-corrected chi connectivity index (χ3v) is 5.34. The van der Waals surface area contributed by atoms with Crippen molar-refractivity contribution in [2.45, 2.75) is 50.9 Å². The topological polar surface area (TPSA) is 85.2 Å². The summed E-state index contributed by atoms with van der Waals surface area (Å²) in [5.41, 5.74) is 1.42. The largest absolute Gasteiger partial charge is 0.377 e. The Morgan fingerprint density at radius 2 is 2.28 bits per heavy atom. The molecule has 134 valence electrons. The number of aldehydes is 1. The van der Waals surface area contributed by atoms with Crippen molar-refractivity contribution >= 4 is 23.3 Å². The zero-order valence-corrected chi connectivity index (χ0v) is 14.7. The number of rotatable bonds is 7. The lowest BCUT2D eigenvalue weighted by atomic mass is 10.2. The fourth-order valence-corrected chi connectivity index (χ4v) is 3.77. The van der Waals surface area contributed by atoms with Gasteiger partial charge in [-0.1, -0.05) is 0 Å². The molecule has 8 heteroatoms. The van der Waals surface area contributed by atoms with Gasteiger partial charge in [-0.2, -0.15) is 0 Å². The van der Waals surface area contributed by atoms with Gasteiger partial charge in [-0.05, 0) is 26.2 Å². The van der Waals surface area contributed by atoms with E-state index in [-0.39, 0.29) is 11.6 Å². The molecule has 4 rings (SSSR count). The SMILES string of the molecule is CCn1c(COC)nc2c(NC3CCN(C4(C=O)CC4)C3)ncnc21. The second-order valence-corrected chi connectivity index (χ2v) is 6.90. The van der Waals surface area contributed by atoms with E-state index in [1.807, 2.05) is 0 Å². The second-order valence-electron chi connectivity index (χ2n) is 6.90. The Morgan fingerprint density at radius 1 is 1.44 bits per heavy atom. The number of carbonyl (C=O) groups excluding carboxylic acids is 1. The van der Waals surface area contributed by atoms with Crippen LogP contribution in [0.4, 0.5) is 5.82 Å². The molecule has 3 heterocycles. The van der Waals surface area contributed by atoms with Gasteiger partial charge in [0.2, 0.25) is 0 Å². The van der Waals surface area contributed by atoms with Crippen LogP contribution in [0.3, 0.4) is 0 Å². The first-order valence-corrected chi connectivity index (χ1v) is 8.87. The van der Waals surface area contributed by atoms with Gasteiger partial charge in [0, 0.05) is 32.8 Å². The van der Waals surface area contributed by atoms with Crippen LogP contribution in [0.1, 0.15) is 32.0 Å². The second kappa shape index (κ2) is 6.34. The summed E-state index contributed by atoms with van der Waals surface area (Å²) >= 11 is 0. The molecule has 0 radical (unpaired) electrons. The minimum atomic E-state index is -0.188. The van der Waals surface area contributed by atoms with Crippen molar-refractivity contribution in [3.8, 4) is 0 Å². The van der Waals surface area contributed by atoms with Crippen molar-refractivity contribution in [3.63, 3.8) is 0 Å². The number of ether oxygens (including phenoxy) is 1. The number of hydrogen-bond donors (Lipinski definition) is 1. The Hall–Kier alpha value is -2.06. The lowest BCUT2D eigenvalue weighted by Crippen LogP contribution is -2.38. The number of anilines is 1. The minimum absolute atomic E-state index is 0.188. The van der Waals surface area contributed by atoms with Crippen LogP contribution in [0.15, 0.2) is 6.33 Å². The molecule has 0 spiro atoms. The maximum atomic E-state index is 11.3. The molecule has 2 aliphatic rings. The van der Waals surface area contributed by atoms with Crippen molar-refractivity contribution in [3.05, 3.63) is 12.2 Å². The third-order valence-electron chi connectivity index (χ3n) is 5.34. The van der Waals surface area contributed by atoms with Crippen molar-refractivity contribution in [2.24, 2.45) is 0 Å². The van der Waals surface area contributed by atoms with Crippen LogP contribution in [0, 0.1) is 0 Å². The lowest BCUT2D eigenvalue weighted by Gasteiger charge is -2.22. The lowest BCUT2D eigenvalue weighted by molar-refractivity contribution is -0.113. The van der Waals surface area contributed by atoms with Gasteiger partial charge in [-0.15, -0.1) is 0 Å². The van der Waals surface area contributed by atoms with Gasteiger partial charge in [0.25, 0.3) is 0 Å². The Morgan fingerprint density at radius 3 is 2.96 bits per heavy atom. The molecule has 1 aliphatic heterocycles. The molecule has 2 aromatic heterocycles. The monoisotopic (exact) mass is 344 g/mol. The smallest absolute Gasteiger partial charge is 0.165 e. The highest BCUT2D eigenvalue weighted by molar-refractivity contribution is 5.83. The molecule has 2 fully saturated rings. The van der Waals surface area contributed by atoms with E-state index >= 15 is 0 Å². The van der Waals surface area contributed by atoms with E-state index in [4.69, 9.17) is 9.72 Å². The molecule has 1 saturated heterocycles. The normalized spacial score (nSPS) is 22.4. The van der Waals surface area contributed by atoms with Gasteiger partial charge in [0.1, 0.15) is 25.0 Å². The average molecular weight is 344 g/mol. The zero-order chi connectivity index (χ0) is 17.4. The van der Waals surface area contributed by atoms with Gasteiger partial charge in [0.05, 0.1) is 5.54 Å². The molecule has 1 unspecified atom stereocenters. The van der Waals surface area contributed by atoms with Crippen LogP contribution in [0.5, 0.6) is 0 Å². The first kappa shape index (κ1) is 16.4. The summed E-state index contributed by atoms with van der Waals surface area (Å²) in [4.78, 5) is 27.2. The maximum Gasteiger partial charge on any atom is 0.165 e. The Labute approximate surface area is 146 Å². The molecule has 8 nitrogen and oxygen atoms in total. The zero-order valence-electron chi connectivity index (χ0n) is 14.7. The Bertz CT molecular complexity index is 785. The number of aromatic nitrogens is 4. The standard InChI is InChI=1S/C17H24N6O2/c1-3-23-13(9-25-2)21-14-15(18-11-19-16(14)23)20-12-4-7-22(8-12)17(10-24)5-6-17/h10-12H,3-9H2,1-2H3,(H,18,19,20). The van der Waals surface area contributed by atoms with E-state index < -0.39 is 0 Å². The van der Waals surface area contributed by atoms with E-state index in [1.54, 1.807) is 13.4 Å². The highest BCUT2D eigenvalue weighted by Crippen LogP contribution is 2.41. The molecule has 2 aromatic rings. The van der Waals surface area contributed by atoms with Crippen LogP contribution in [0.2, 0.25) is 0 Å². The number of aryl methyl sites for hydroxylation is 1. The Balaban J connectivity index is 1.57. The summed E-state index contributed by atoms with van der Waals surface area (Å²) in [6.45, 7) is 5.11. The third kappa shape index (κ3) is 2.79. The Kier molecular flexibility index (Phi) is 4.16. The fourth-order valence-electron chi connectivity index (χ4n) is 3.77. The van der Waals surface area contributed by atoms with Gasteiger partial charge in [-0.3, -0.25) is 4.90 Å². The number of hydrogen-bond acceptors (Lipinski definition) is 7. The van der Waals surface area contributed by atoms with Crippen molar-refractivity contribution in [1.29, 1.82) is 0 Å². The molecule has 1 atom stereocenters. The molecule has 1 aliphatic carbocycles. The van der Waals surface area contributed by atoms with Crippen LogP contribution < -0.4 is 5.32 Å². The number of nitrogens with zero attached hydrogens (tertiary/aromatic N) is 5. The minimum Gasteiger partial charge on any atom is -0.377 e. The van der Waals surface area contributed by atoms with E-state index in [0.29, 0.717) is 6.61 Å². The first-order valence-electron chi connectivity index (χ1n) is 8.87. The number of methoxy groups -OCH3 is 1. The van der Waals surface area contributed by atoms with Crippen molar-refractivity contribution in [2.75, 3.05) is 25.5 Å². The van der Waals surface area contributed by atoms with Crippen LogP contribution in [-0.2, 0) is 22.7 Å². The number of imidazole rings is 1. The molecular formula is C17H24N6O2. The van der Waals surface area contributed by atoms with Crippen LogP contribution >= 0.6 is 0 Å². The fraction of sp³-hybridized carbons (Fsp3) is 0.647. The van der Waals surface area contributed by atoms with Crippen LogP contribution in [0.25, 0.3) is 11.2 Å². The van der Waals surface area contributed by atoms with Gasteiger partial charge in [0.15, 0.2) is 17.0 Å². The van der Waals surface area contributed by atoms with Crippen LogP contribution in [-0.4, -0.2) is 62.5 Å². The summed E-state index contributed by atoms with van der Waals surface area (Å²) in [6.07, 6.45) is 5.68. The summed E-state index contributed by atoms with van der Waals surface area (Å²) < 4.78 is 7.31. The van der Waals surface area contributed by atoms with E-state index in [0.717, 1.165) is 68.0 Å². The summed E-state index contributed by atoms with van der Waals surface area (Å²) in [5.74, 6) is 1.62. The van der Waals surface area contributed by atoms with Gasteiger partial charge < -0.3 is 19.4 Å². The highest BCUT2D eigenvalue weighted by Gasteiger charge is 2.50. The molecule has 25 heavy (non-hydrogen) atoms. The molecule has 0 amide bonds. The highest BCUT2D eigenvalue weighted by atomic mass is 16.5. The van der Waals surface area contributed by atoms with Crippen molar-refractivity contribution in [1.82, 2.24) is 24.4 Å². The van der Waals surface area contributed by atoms with Gasteiger partial charge >= 0.3 is 0 Å². The van der Waals surface area contributed by atoms with E-state index in [9.17, 15) is 4.79 Å². The van der Waals surface area contributed by atoms with Crippen molar-refractivity contribution < 1.29 is 9.53 Å². The molecule has 1 saturated carbocycles. The maximum absolute atomic E-state index is 11.3. The predicted octanol–water partition coefficient (Wildman–Crippen LogP) is 1.21. The molecule has 0 bridgehead atoms. The number of likely N-dealkylation sites (tertiary alicyclic amines) is 1. The first-order chi connectivity index (χ1) is 12.2. The molecule has 0 aromatic carbocycles.